The summed E-state index contributed by atoms with van der Waals surface area (Å²) in [5, 5.41) is 0. The van der Waals surface area contributed by atoms with E-state index in [9.17, 15) is 4.79 Å². The molecule has 0 amide bonds. The van der Waals surface area contributed by atoms with Crippen LogP contribution in [-0.2, 0) is 0 Å². The minimum absolute atomic E-state index is 0.414. The zero-order chi connectivity index (χ0) is 17.3. The number of esters is 1. The van der Waals surface area contributed by atoms with Crippen molar-refractivity contribution in [2.45, 2.75) is 45.8 Å². The summed E-state index contributed by atoms with van der Waals surface area (Å²) in [6, 6.07) is 12.7. The molecule has 0 aliphatic carbocycles. The highest BCUT2D eigenvalue weighted by Gasteiger charge is 2.32. The van der Waals surface area contributed by atoms with E-state index in [1.54, 1.807) is 18.2 Å². The molecule has 2 aromatic carbocycles. The highest BCUT2D eigenvalue weighted by Crippen LogP contribution is 2.39. The van der Waals surface area contributed by atoms with Crippen LogP contribution in [0.5, 0.6) is 17.2 Å². The number of hydrogen-bond donors (Lipinski definition) is 0. The molecule has 0 aromatic heterocycles. The Balaban J connectivity index is 1.72. The van der Waals surface area contributed by atoms with Crippen LogP contribution in [0.3, 0.4) is 0 Å². The van der Waals surface area contributed by atoms with Crippen molar-refractivity contribution >= 4 is 5.97 Å². The lowest BCUT2D eigenvalue weighted by Gasteiger charge is -2.16. The fraction of sp³-hybridized carbons (Fsp3) is 0.350. The Morgan fingerprint density at radius 1 is 1.08 bits per heavy atom. The molecule has 24 heavy (non-hydrogen) atoms. The summed E-state index contributed by atoms with van der Waals surface area (Å²) in [5.41, 5.74) is 1.67. The smallest absolute Gasteiger partial charge is 0.343 e. The van der Waals surface area contributed by atoms with Crippen molar-refractivity contribution in [3.63, 3.8) is 0 Å². The summed E-state index contributed by atoms with van der Waals surface area (Å²) in [6.07, 6.45) is 1.08. The quantitative estimate of drug-likeness (QED) is 0.590. The standard InChI is InChI=1S/C20H22O4/c1-5-13(2)14-6-9-16(10-7-14)22-19(21)15-8-11-17-18(12-15)24-20(3,4)23-17/h6-13H,5H2,1-4H3. The van der Waals surface area contributed by atoms with Crippen LogP contribution < -0.4 is 14.2 Å². The zero-order valence-electron chi connectivity index (χ0n) is 14.5. The molecule has 1 aliphatic heterocycles. The first-order valence-electron chi connectivity index (χ1n) is 8.22. The molecule has 2 aromatic rings. The number of carbonyl (C=O) groups excluding carboxylic acids is 1. The van der Waals surface area contributed by atoms with Gasteiger partial charge in [0, 0.05) is 13.8 Å². The SMILES string of the molecule is CCC(C)c1ccc(OC(=O)c2ccc3c(c2)OC(C)(C)O3)cc1. The summed E-state index contributed by atoms with van der Waals surface area (Å²) in [4.78, 5) is 12.3. The third-order valence-electron chi connectivity index (χ3n) is 4.16. The molecule has 4 heteroatoms. The molecule has 126 valence electrons. The number of benzene rings is 2. The van der Waals surface area contributed by atoms with Crippen LogP contribution in [0, 0.1) is 0 Å². The molecule has 1 aliphatic rings. The van der Waals surface area contributed by atoms with Gasteiger partial charge < -0.3 is 14.2 Å². The Bertz CT molecular complexity index is 747. The molecule has 1 heterocycles. The maximum Gasteiger partial charge on any atom is 0.343 e. The Labute approximate surface area is 142 Å². The molecular weight excluding hydrogens is 304 g/mol. The van der Waals surface area contributed by atoms with Crippen LogP contribution >= 0.6 is 0 Å². The van der Waals surface area contributed by atoms with Gasteiger partial charge in [0.1, 0.15) is 5.75 Å². The first kappa shape index (κ1) is 16.4. The van der Waals surface area contributed by atoms with Gasteiger partial charge in [-0.1, -0.05) is 26.0 Å². The van der Waals surface area contributed by atoms with Crippen LogP contribution in [0.2, 0.25) is 0 Å². The highest BCUT2D eigenvalue weighted by atomic mass is 16.7. The Morgan fingerprint density at radius 3 is 2.42 bits per heavy atom. The lowest BCUT2D eigenvalue weighted by molar-refractivity contribution is -0.0431. The van der Waals surface area contributed by atoms with Gasteiger partial charge in [-0.2, -0.15) is 0 Å². The van der Waals surface area contributed by atoms with E-state index in [1.165, 1.54) is 5.56 Å². The third kappa shape index (κ3) is 3.37. The van der Waals surface area contributed by atoms with Gasteiger partial charge in [0.25, 0.3) is 0 Å². The molecule has 0 saturated heterocycles. The predicted molar refractivity (Wildman–Crippen MR) is 91.9 cm³/mol. The van der Waals surface area contributed by atoms with Gasteiger partial charge in [-0.05, 0) is 48.2 Å². The van der Waals surface area contributed by atoms with E-state index in [4.69, 9.17) is 14.2 Å². The topological polar surface area (TPSA) is 44.8 Å². The fourth-order valence-corrected chi connectivity index (χ4v) is 2.62. The molecule has 0 radical (unpaired) electrons. The van der Waals surface area contributed by atoms with Gasteiger partial charge in [0.2, 0.25) is 5.79 Å². The van der Waals surface area contributed by atoms with Crippen LogP contribution in [0.25, 0.3) is 0 Å². The van der Waals surface area contributed by atoms with Gasteiger partial charge in [-0.3, -0.25) is 0 Å². The van der Waals surface area contributed by atoms with E-state index in [0.717, 1.165) is 6.42 Å². The van der Waals surface area contributed by atoms with Gasteiger partial charge in [0.05, 0.1) is 5.56 Å². The summed E-state index contributed by atoms with van der Waals surface area (Å²) < 4.78 is 16.7. The normalized spacial score (nSPS) is 15.8. The fourth-order valence-electron chi connectivity index (χ4n) is 2.62. The Morgan fingerprint density at radius 2 is 1.75 bits per heavy atom. The third-order valence-corrected chi connectivity index (χ3v) is 4.16. The molecule has 3 rings (SSSR count). The van der Waals surface area contributed by atoms with Crippen molar-refractivity contribution < 1.29 is 19.0 Å². The van der Waals surface area contributed by atoms with E-state index in [0.29, 0.717) is 28.7 Å². The van der Waals surface area contributed by atoms with Crippen LogP contribution in [-0.4, -0.2) is 11.8 Å². The molecule has 0 bridgehead atoms. The minimum Gasteiger partial charge on any atom is -0.449 e. The van der Waals surface area contributed by atoms with Crippen LogP contribution in [0.15, 0.2) is 42.5 Å². The second-order valence-electron chi connectivity index (χ2n) is 6.53. The lowest BCUT2D eigenvalue weighted by atomic mass is 9.99. The van der Waals surface area contributed by atoms with Crippen molar-refractivity contribution in [2.75, 3.05) is 0 Å². The van der Waals surface area contributed by atoms with Crippen molar-refractivity contribution in [3.8, 4) is 17.2 Å². The second-order valence-corrected chi connectivity index (χ2v) is 6.53. The summed E-state index contributed by atoms with van der Waals surface area (Å²) >= 11 is 0. The van der Waals surface area contributed by atoms with Crippen LogP contribution in [0.4, 0.5) is 0 Å². The number of rotatable bonds is 4. The van der Waals surface area contributed by atoms with Gasteiger partial charge in [-0.15, -0.1) is 0 Å². The van der Waals surface area contributed by atoms with Crippen molar-refractivity contribution in [3.05, 3.63) is 53.6 Å². The van der Waals surface area contributed by atoms with Crippen molar-refractivity contribution in [1.82, 2.24) is 0 Å². The van der Waals surface area contributed by atoms with E-state index in [1.807, 2.05) is 38.1 Å². The zero-order valence-corrected chi connectivity index (χ0v) is 14.5. The first-order valence-corrected chi connectivity index (χ1v) is 8.22. The number of carbonyl (C=O) groups is 1. The molecule has 0 fully saturated rings. The second kappa shape index (κ2) is 6.19. The Hall–Kier alpha value is -2.49. The predicted octanol–water partition coefficient (Wildman–Crippen LogP) is 4.93. The molecule has 1 unspecified atom stereocenters. The summed E-state index contributed by atoms with van der Waals surface area (Å²) in [7, 11) is 0. The summed E-state index contributed by atoms with van der Waals surface area (Å²) in [5.74, 6) is 1.09. The maximum absolute atomic E-state index is 12.3. The van der Waals surface area contributed by atoms with Crippen LogP contribution in [0.1, 0.15) is 56.0 Å². The molecule has 0 saturated carbocycles. The van der Waals surface area contributed by atoms with E-state index in [-0.39, 0.29) is 0 Å². The average Bonchev–Trinajstić information content (AvgIpc) is 2.87. The van der Waals surface area contributed by atoms with E-state index < -0.39 is 11.8 Å². The van der Waals surface area contributed by atoms with E-state index in [2.05, 4.69) is 13.8 Å². The molecule has 1 atom stereocenters. The monoisotopic (exact) mass is 326 g/mol. The number of hydrogen-bond acceptors (Lipinski definition) is 4. The average molecular weight is 326 g/mol. The molecular formula is C20H22O4. The number of ether oxygens (including phenoxy) is 3. The largest absolute Gasteiger partial charge is 0.449 e. The highest BCUT2D eigenvalue weighted by molar-refractivity contribution is 5.91. The van der Waals surface area contributed by atoms with E-state index >= 15 is 0 Å². The van der Waals surface area contributed by atoms with Gasteiger partial charge in [-0.25, -0.2) is 4.79 Å². The van der Waals surface area contributed by atoms with Gasteiger partial charge in [0.15, 0.2) is 11.5 Å². The minimum atomic E-state index is -0.712. The summed E-state index contributed by atoms with van der Waals surface area (Å²) in [6.45, 7) is 7.97. The first-order chi connectivity index (χ1) is 11.4. The number of fused-ring (bicyclic) bond motifs is 1. The molecule has 4 nitrogen and oxygen atoms in total. The van der Waals surface area contributed by atoms with Gasteiger partial charge >= 0.3 is 5.97 Å². The lowest BCUT2D eigenvalue weighted by Crippen LogP contribution is -2.29. The van der Waals surface area contributed by atoms with Crippen molar-refractivity contribution in [1.29, 1.82) is 0 Å². The molecule has 0 N–H and O–H groups in total. The maximum atomic E-state index is 12.3. The molecule has 0 spiro atoms. The Kier molecular flexibility index (Phi) is 4.22. The van der Waals surface area contributed by atoms with Crippen molar-refractivity contribution in [2.24, 2.45) is 0 Å².